The molecule has 1 N–H and O–H groups in total. The maximum Gasteiger partial charge on any atom is 0.136 e. The van der Waals surface area contributed by atoms with E-state index in [4.69, 9.17) is 0 Å². The van der Waals surface area contributed by atoms with Crippen molar-refractivity contribution >= 4 is 11.5 Å². The molecule has 0 aliphatic heterocycles. The lowest BCUT2D eigenvalue weighted by Gasteiger charge is -2.21. The number of aliphatic hydroxyl groups excluding tert-OH is 1. The molecular weight excluding hydrogens is 226 g/mol. The summed E-state index contributed by atoms with van der Waals surface area (Å²) in [5, 5.41) is 13.8. The Bertz CT molecular complexity index is 560. The average Bonchev–Trinajstić information content (AvgIpc) is 2.62. The van der Waals surface area contributed by atoms with E-state index < -0.39 is 0 Å². The van der Waals surface area contributed by atoms with Gasteiger partial charge < -0.3 is 10.0 Å². The van der Waals surface area contributed by atoms with Crippen molar-refractivity contribution in [3.8, 4) is 0 Å². The number of aliphatic hydroxyl groups is 1. The van der Waals surface area contributed by atoms with E-state index in [-0.39, 0.29) is 6.61 Å². The fourth-order valence-corrected chi connectivity index (χ4v) is 2.25. The van der Waals surface area contributed by atoms with Crippen LogP contribution in [-0.4, -0.2) is 21.9 Å². The monoisotopic (exact) mass is 245 g/mol. The van der Waals surface area contributed by atoms with Crippen LogP contribution in [0.5, 0.6) is 0 Å². The lowest BCUT2D eigenvalue weighted by atomic mass is 10.2. The fraction of sp³-hybridized carbons (Fsp3) is 0.357. The number of hydrogen-bond donors (Lipinski definition) is 1. The van der Waals surface area contributed by atoms with Crippen LogP contribution in [0.25, 0.3) is 0 Å². The number of anilines is 2. The summed E-state index contributed by atoms with van der Waals surface area (Å²) in [5.41, 5.74) is 4.05. The predicted molar refractivity (Wildman–Crippen MR) is 73.1 cm³/mol. The molecule has 4 nitrogen and oxygen atoms in total. The van der Waals surface area contributed by atoms with Crippen molar-refractivity contribution in [1.82, 2.24) is 9.78 Å². The van der Waals surface area contributed by atoms with Crippen LogP contribution >= 0.6 is 0 Å². The first-order chi connectivity index (χ1) is 8.54. The first-order valence-electron chi connectivity index (χ1n) is 5.98. The van der Waals surface area contributed by atoms with E-state index in [0.717, 1.165) is 22.8 Å². The predicted octanol–water partition coefficient (Wildman–Crippen LogP) is 2.30. The molecule has 0 fully saturated rings. The van der Waals surface area contributed by atoms with E-state index in [1.165, 1.54) is 5.56 Å². The second kappa shape index (κ2) is 4.82. The minimum atomic E-state index is 0.00512. The summed E-state index contributed by atoms with van der Waals surface area (Å²) in [6.07, 6.45) is 0. The summed E-state index contributed by atoms with van der Waals surface area (Å²) in [7, 11) is 3.89. The van der Waals surface area contributed by atoms with Crippen LogP contribution in [0.3, 0.4) is 0 Å². The van der Waals surface area contributed by atoms with E-state index >= 15 is 0 Å². The molecule has 0 atom stereocenters. The maximum atomic E-state index is 9.48. The zero-order chi connectivity index (χ0) is 13.3. The molecule has 0 unspecified atom stereocenters. The van der Waals surface area contributed by atoms with Gasteiger partial charge in [0, 0.05) is 25.3 Å². The molecule has 0 radical (unpaired) electrons. The van der Waals surface area contributed by atoms with Gasteiger partial charge in [0.25, 0.3) is 0 Å². The summed E-state index contributed by atoms with van der Waals surface area (Å²) in [6.45, 7) is 3.99. The van der Waals surface area contributed by atoms with Crippen LogP contribution in [0.4, 0.5) is 11.5 Å². The molecule has 0 aliphatic carbocycles. The van der Waals surface area contributed by atoms with Gasteiger partial charge in [0.05, 0.1) is 12.3 Å². The van der Waals surface area contributed by atoms with Gasteiger partial charge in [-0.25, -0.2) is 0 Å². The van der Waals surface area contributed by atoms with Gasteiger partial charge in [-0.05, 0) is 31.5 Å². The molecule has 0 saturated carbocycles. The zero-order valence-corrected chi connectivity index (χ0v) is 11.3. The van der Waals surface area contributed by atoms with Crippen LogP contribution in [0.2, 0.25) is 0 Å². The Kier molecular flexibility index (Phi) is 3.39. The first-order valence-corrected chi connectivity index (χ1v) is 5.98. The highest BCUT2D eigenvalue weighted by atomic mass is 16.3. The summed E-state index contributed by atoms with van der Waals surface area (Å²) in [6, 6.07) is 8.27. The van der Waals surface area contributed by atoms with Gasteiger partial charge in [-0.1, -0.05) is 12.1 Å². The number of benzene rings is 1. The summed E-state index contributed by atoms with van der Waals surface area (Å²) in [5.74, 6) is 0.931. The van der Waals surface area contributed by atoms with Crippen molar-refractivity contribution < 1.29 is 5.11 Å². The SMILES string of the molecule is Cc1cccc(N(C)c2c(CO)c(C)nn2C)c1. The molecule has 1 aromatic heterocycles. The summed E-state index contributed by atoms with van der Waals surface area (Å²) < 4.78 is 1.81. The van der Waals surface area contributed by atoms with Crippen LogP contribution in [0, 0.1) is 13.8 Å². The van der Waals surface area contributed by atoms with Crippen molar-refractivity contribution in [3.63, 3.8) is 0 Å². The van der Waals surface area contributed by atoms with Crippen molar-refractivity contribution in [2.75, 3.05) is 11.9 Å². The number of aromatic nitrogens is 2. The summed E-state index contributed by atoms with van der Waals surface area (Å²) in [4.78, 5) is 2.05. The molecule has 0 saturated heterocycles. The molecule has 2 aromatic rings. The smallest absolute Gasteiger partial charge is 0.136 e. The molecule has 18 heavy (non-hydrogen) atoms. The molecule has 0 spiro atoms. The number of aryl methyl sites for hydroxylation is 3. The van der Waals surface area contributed by atoms with Crippen LogP contribution in [-0.2, 0) is 13.7 Å². The highest BCUT2D eigenvalue weighted by Crippen LogP contribution is 2.28. The standard InChI is InChI=1S/C14H19N3O/c1-10-6-5-7-12(8-10)16(3)14-13(9-18)11(2)15-17(14)4/h5-8,18H,9H2,1-4H3. The van der Waals surface area contributed by atoms with E-state index in [0.29, 0.717) is 0 Å². The third-order valence-corrected chi connectivity index (χ3v) is 3.18. The normalized spacial score (nSPS) is 10.7. The highest BCUT2D eigenvalue weighted by Gasteiger charge is 2.17. The van der Waals surface area contributed by atoms with Crippen LogP contribution in [0.1, 0.15) is 16.8 Å². The number of rotatable bonds is 3. The molecule has 96 valence electrons. The lowest BCUT2D eigenvalue weighted by Crippen LogP contribution is -2.15. The van der Waals surface area contributed by atoms with Gasteiger partial charge in [-0.2, -0.15) is 5.10 Å². The quantitative estimate of drug-likeness (QED) is 0.902. The molecule has 0 aliphatic rings. The van der Waals surface area contributed by atoms with Crippen LogP contribution in [0.15, 0.2) is 24.3 Å². The Balaban J connectivity index is 2.48. The van der Waals surface area contributed by atoms with Gasteiger partial charge >= 0.3 is 0 Å². The molecular formula is C14H19N3O. The third kappa shape index (κ3) is 2.11. The Morgan fingerprint density at radius 3 is 2.67 bits per heavy atom. The Hall–Kier alpha value is -1.81. The van der Waals surface area contributed by atoms with Gasteiger partial charge in [-0.3, -0.25) is 4.68 Å². The van der Waals surface area contributed by atoms with E-state index in [1.54, 1.807) is 0 Å². The van der Waals surface area contributed by atoms with E-state index in [2.05, 4.69) is 35.1 Å². The fourth-order valence-electron chi connectivity index (χ4n) is 2.25. The van der Waals surface area contributed by atoms with E-state index in [9.17, 15) is 5.11 Å². The molecule has 4 heteroatoms. The topological polar surface area (TPSA) is 41.3 Å². The second-order valence-electron chi connectivity index (χ2n) is 4.57. The van der Waals surface area contributed by atoms with Crippen LogP contribution < -0.4 is 4.90 Å². The number of hydrogen-bond acceptors (Lipinski definition) is 3. The van der Waals surface area contributed by atoms with Crippen molar-refractivity contribution in [2.24, 2.45) is 7.05 Å². The molecule has 2 rings (SSSR count). The van der Waals surface area contributed by atoms with Gasteiger partial charge in [0.15, 0.2) is 0 Å². The lowest BCUT2D eigenvalue weighted by molar-refractivity contribution is 0.281. The first kappa shape index (κ1) is 12.6. The highest BCUT2D eigenvalue weighted by molar-refractivity contribution is 5.63. The van der Waals surface area contributed by atoms with Gasteiger partial charge in [0.1, 0.15) is 5.82 Å². The Morgan fingerprint density at radius 2 is 2.06 bits per heavy atom. The minimum Gasteiger partial charge on any atom is -0.391 e. The maximum absolute atomic E-state index is 9.48. The second-order valence-corrected chi connectivity index (χ2v) is 4.57. The Morgan fingerprint density at radius 1 is 1.33 bits per heavy atom. The van der Waals surface area contributed by atoms with Crippen molar-refractivity contribution in [2.45, 2.75) is 20.5 Å². The molecule has 0 amide bonds. The zero-order valence-electron chi connectivity index (χ0n) is 11.3. The van der Waals surface area contributed by atoms with Crippen molar-refractivity contribution in [1.29, 1.82) is 0 Å². The molecule has 0 bridgehead atoms. The molecule has 1 aromatic carbocycles. The Labute approximate surface area is 107 Å². The minimum absolute atomic E-state index is 0.00512. The van der Waals surface area contributed by atoms with Crippen molar-refractivity contribution in [3.05, 3.63) is 41.1 Å². The average molecular weight is 245 g/mol. The van der Waals surface area contributed by atoms with Gasteiger partial charge in [-0.15, -0.1) is 0 Å². The third-order valence-electron chi connectivity index (χ3n) is 3.18. The van der Waals surface area contributed by atoms with E-state index in [1.807, 2.05) is 31.8 Å². The summed E-state index contributed by atoms with van der Waals surface area (Å²) >= 11 is 0. The largest absolute Gasteiger partial charge is 0.391 e. The number of nitrogens with zero attached hydrogens (tertiary/aromatic N) is 3. The van der Waals surface area contributed by atoms with Gasteiger partial charge in [0.2, 0.25) is 0 Å². The molecule has 1 heterocycles.